The molecule has 1 saturated heterocycles. The number of rotatable bonds is 6. The van der Waals surface area contributed by atoms with Crippen LogP contribution >= 0.6 is 0 Å². The molecular weight excluding hydrogens is 330 g/mol. The monoisotopic (exact) mass is 367 g/mol. The Morgan fingerprint density at radius 1 is 1.04 bits per heavy atom. The van der Waals surface area contributed by atoms with Crippen molar-refractivity contribution in [2.45, 2.75) is 51.2 Å². The van der Waals surface area contributed by atoms with Crippen LogP contribution in [0.2, 0.25) is 0 Å². The minimum atomic E-state index is 0.282. The van der Waals surface area contributed by atoms with Gasteiger partial charge in [-0.3, -0.25) is 0 Å². The highest BCUT2D eigenvalue weighted by Gasteiger charge is 2.68. The van der Waals surface area contributed by atoms with Gasteiger partial charge in [-0.05, 0) is 75.3 Å². The predicted octanol–water partition coefficient (Wildman–Crippen LogP) is 2.99. The molecule has 0 N–H and O–H groups in total. The molecule has 26 heavy (non-hydrogen) atoms. The van der Waals surface area contributed by atoms with E-state index in [1.54, 1.807) is 14.2 Å². The van der Waals surface area contributed by atoms with E-state index in [0.29, 0.717) is 31.7 Å². The summed E-state index contributed by atoms with van der Waals surface area (Å²) in [6.45, 7) is 5.68. The van der Waals surface area contributed by atoms with Crippen LogP contribution in [0.3, 0.4) is 0 Å². The van der Waals surface area contributed by atoms with Crippen LogP contribution in [0.4, 0.5) is 0 Å². The van der Waals surface area contributed by atoms with Crippen molar-refractivity contribution in [3.63, 3.8) is 0 Å². The molecule has 0 amide bonds. The zero-order valence-corrected chi connectivity index (χ0v) is 17.0. The summed E-state index contributed by atoms with van der Waals surface area (Å²) in [7, 11) is 5.75. The van der Waals surface area contributed by atoms with E-state index in [-0.39, 0.29) is 5.41 Å². The van der Waals surface area contributed by atoms with Crippen LogP contribution in [-0.2, 0) is 18.9 Å². The van der Waals surface area contributed by atoms with E-state index in [2.05, 4.69) is 18.9 Å². The molecular formula is C21H37NO4. The Hall–Kier alpha value is -0.200. The third-order valence-electron chi connectivity index (χ3n) is 8.06. The zero-order chi connectivity index (χ0) is 18.3. The van der Waals surface area contributed by atoms with Gasteiger partial charge in [-0.25, -0.2) is 0 Å². The molecule has 1 aliphatic heterocycles. The van der Waals surface area contributed by atoms with Gasteiger partial charge < -0.3 is 23.8 Å². The summed E-state index contributed by atoms with van der Waals surface area (Å²) >= 11 is 0. The van der Waals surface area contributed by atoms with Gasteiger partial charge in [0, 0.05) is 26.2 Å². The Bertz CT molecular complexity index is 489. The van der Waals surface area contributed by atoms with Gasteiger partial charge in [-0.2, -0.15) is 0 Å². The summed E-state index contributed by atoms with van der Waals surface area (Å²) < 4.78 is 23.3. The van der Waals surface area contributed by atoms with Crippen molar-refractivity contribution in [3.8, 4) is 0 Å². The molecule has 3 saturated carbocycles. The third-order valence-corrected chi connectivity index (χ3v) is 8.06. The van der Waals surface area contributed by atoms with Crippen LogP contribution in [0.15, 0.2) is 0 Å². The van der Waals surface area contributed by atoms with Crippen molar-refractivity contribution in [2.75, 3.05) is 47.9 Å². The highest BCUT2D eigenvalue weighted by atomic mass is 16.7. The van der Waals surface area contributed by atoms with Gasteiger partial charge >= 0.3 is 0 Å². The first-order chi connectivity index (χ1) is 12.6. The van der Waals surface area contributed by atoms with E-state index in [1.807, 2.05) is 0 Å². The number of nitrogens with zero attached hydrogens (tertiary/aromatic N) is 1. The fourth-order valence-electron chi connectivity index (χ4n) is 7.41. The van der Waals surface area contributed by atoms with Gasteiger partial charge in [0.25, 0.3) is 0 Å². The minimum absolute atomic E-state index is 0.282. The number of hydrogen-bond acceptors (Lipinski definition) is 5. The van der Waals surface area contributed by atoms with Gasteiger partial charge in [-0.1, -0.05) is 6.92 Å². The average Bonchev–Trinajstić information content (AvgIpc) is 3.09. The first-order valence-corrected chi connectivity index (χ1v) is 10.5. The van der Waals surface area contributed by atoms with Crippen molar-refractivity contribution in [2.24, 2.45) is 35.0 Å². The molecule has 5 heteroatoms. The highest BCUT2D eigenvalue weighted by molar-refractivity contribution is 5.17. The van der Waals surface area contributed by atoms with Crippen molar-refractivity contribution in [1.29, 1.82) is 0 Å². The molecule has 0 bridgehead atoms. The van der Waals surface area contributed by atoms with Crippen LogP contribution in [0, 0.1) is 35.0 Å². The topological polar surface area (TPSA) is 40.2 Å². The van der Waals surface area contributed by atoms with Gasteiger partial charge in [0.15, 0.2) is 0 Å². The summed E-state index contributed by atoms with van der Waals surface area (Å²) in [4.78, 5) is 2.52. The molecule has 0 unspecified atom stereocenters. The highest BCUT2D eigenvalue weighted by Crippen LogP contribution is 2.69. The largest absolute Gasteiger partial charge is 0.359 e. The van der Waals surface area contributed by atoms with Gasteiger partial charge in [0.2, 0.25) is 0 Å². The molecule has 150 valence electrons. The lowest BCUT2D eigenvalue weighted by atomic mass is 9.60. The fraction of sp³-hybridized carbons (Fsp3) is 1.00. The lowest BCUT2D eigenvalue weighted by Crippen LogP contribution is -2.49. The Balaban J connectivity index is 1.66. The second-order valence-corrected chi connectivity index (χ2v) is 9.50. The Kier molecular flexibility index (Phi) is 5.64. The third kappa shape index (κ3) is 3.04. The van der Waals surface area contributed by atoms with E-state index in [9.17, 15) is 0 Å². The number of ether oxygens (including phenoxy) is 4. The van der Waals surface area contributed by atoms with Crippen LogP contribution in [0.25, 0.3) is 0 Å². The Morgan fingerprint density at radius 3 is 2.58 bits per heavy atom. The molecule has 4 aliphatic rings. The molecule has 0 aromatic carbocycles. The maximum Gasteiger partial charge on any atom is 0.146 e. The summed E-state index contributed by atoms with van der Waals surface area (Å²) in [5.41, 5.74) is 0.282. The summed E-state index contributed by atoms with van der Waals surface area (Å²) in [6, 6.07) is 0. The summed E-state index contributed by atoms with van der Waals surface area (Å²) in [5.74, 6) is 3.63. The maximum absolute atomic E-state index is 6.38. The SMILES string of the molecule is COCO[C@H]1C[C@@H](C)C[C@@H]2C[C@@H](OCOC)[C@H]3[C@@H]4CCN(C)C[C@H]4C[C@@]231. The zero-order valence-electron chi connectivity index (χ0n) is 17.0. The second-order valence-electron chi connectivity index (χ2n) is 9.50. The normalized spacial score (nSPS) is 48.2. The van der Waals surface area contributed by atoms with E-state index in [0.717, 1.165) is 23.7 Å². The first kappa shape index (κ1) is 19.1. The van der Waals surface area contributed by atoms with Crippen molar-refractivity contribution in [1.82, 2.24) is 4.90 Å². The molecule has 3 aliphatic carbocycles. The first-order valence-electron chi connectivity index (χ1n) is 10.5. The Morgan fingerprint density at radius 2 is 1.81 bits per heavy atom. The Labute approximate surface area is 158 Å². The van der Waals surface area contributed by atoms with Crippen molar-refractivity contribution >= 4 is 0 Å². The van der Waals surface area contributed by atoms with Crippen LogP contribution in [0.5, 0.6) is 0 Å². The van der Waals surface area contributed by atoms with Gasteiger partial charge in [0.1, 0.15) is 13.6 Å². The van der Waals surface area contributed by atoms with Crippen LogP contribution in [-0.4, -0.2) is 65.1 Å². The van der Waals surface area contributed by atoms with E-state index in [4.69, 9.17) is 18.9 Å². The smallest absolute Gasteiger partial charge is 0.146 e. The minimum Gasteiger partial charge on any atom is -0.359 e. The number of likely N-dealkylation sites (tertiary alicyclic amines) is 1. The second kappa shape index (κ2) is 7.67. The lowest BCUT2D eigenvalue weighted by Gasteiger charge is -2.48. The lowest BCUT2D eigenvalue weighted by molar-refractivity contribution is -0.169. The quantitative estimate of drug-likeness (QED) is 0.675. The van der Waals surface area contributed by atoms with Gasteiger partial charge in [0.05, 0.1) is 12.2 Å². The van der Waals surface area contributed by atoms with Crippen molar-refractivity contribution < 1.29 is 18.9 Å². The van der Waals surface area contributed by atoms with Crippen molar-refractivity contribution in [3.05, 3.63) is 0 Å². The number of hydrogen-bond donors (Lipinski definition) is 0. The standard InChI is InChI=1S/C21H37NO4/c1-14-7-16-9-18(25-12-23-3)20-17-5-6-22(2)11-15(17)10-21(16,20)19(8-14)26-13-24-4/h14-20H,5-13H2,1-4H3/t14-,15+,16+,17+,18+,19-,20+,21-/m0/s1. The van der Waals surface area contributed by atoms with Crippen LogP contribution < -0.4 is 0 Å². The number of piperidine rings is 1. The molecule has 0 radical (unpaired) electrons. The van der Waals surface area contributed by atoms with E-state index < -0.39 is 0 Å². The molecule has 0 aromatic rings. The molecule has 0 aromatic heterocycles. The number of methoxy groups -OCH3 is 2. The maximum atomic E-state index is 6.38. The molecule has 5 nitrogen and oxygen atoms in total. The van der Waals surface area contributed by atoms with E-state index >= 15 is 0 Å². The molecule has 1 heterocycles. The molecule has 8 atom stereocenters. The van der Waals surface area contributed by atoms with Gasteiger partial charge in [-0.15, -0.1) is 0 Å². The molecule has 4 fully saturated rings. The number of fused-ring (bicyclic) bond motifs is 2. The average molecular weight is 368 g/mol. The summed E-state index contributed by atoms with van der Waals surface area (Å²) in [5, 5.41) is 0. The summed E-state index contributed by atoms with van der Waals surface area (Å²) in [6.07, 6.45) is 6.94. The molecule has 1 spiro atoms. The predicted molar refractivity (Wildman–Crippen MR) is 99.6 cm³/mol. The van der Waals surface area contributed by atoms with E-state index in [1.165, 1.54) is 45.2 Å². The molecule has 4 rings (SSSR count). The van der Waals surface area contributed by atoms with Crippen LogP contribution in [0.1, 0.15) is 39.0 Å². The fourth-order valence-corrected chi connectivity index (χ4v) is 7.41.